The summed E-state index contributed by atoms with van der Waals surface area (Å²) in [5.74, 6) is -2.55. The Labute approximate surface area is 108 Å². The number of rotatable bonds is 3. The lowest BCUT2D eigenvalue weighted by Gasteiger charge is -2.13. The molecule has 0 atom stereocenters. The molecule has 0 radical (unpaired) electrons. The van der Waals surface area contributed by atoms with E-state index < -0.39 is 17.7 Å². The van der Waals surface area contributed by atoms with Crippen molar-refractivity contribution in [2.24, 2.45) is 0 Å². The van der Waals surface area contributed by atoms with E-state index in [-0.39, 0.29) is 22.0 Å². The van der Waals surface area contributed by atoms with E-state index in [4.69, 9.17) is 16.3 Å². The van der Waals surface area contributed by atoms with Crippen LogP contribution in [0.25, 0.3) is 0 Å². The van der Waals surface area contributed by atoms with Crippen molar-refractivity contribution in [2.75, 3.05) is 19.5 Å². The third kappa shape index (κ3) is 2.70. The molecule has 1 aromatic carbocycles. The normalized spacial score (nSPS) is 9.83. The zero-order chi connectivity index (χ0) is 13.9. The molecule has 0 aliphatic carbocycles. The third-order valence-electron chi connectivity index (χ3n) is 2.08. The summed E-state index contributed by atoms with van der Waals surface area (Å²) in [7, 11) is 2.34. The Bertz CT molecular complexity index is 504. The highest BCUT2D eigenvalue weighted by atomic mass is 35.5. The fourth-order valence-corrected chi connectivity index (χ4v) is 1.59. The summed E-state index contributed by atoms with van der Waals surface area (Å²) in [5, 5.41) is 2.10. The van der Waals surface area contributed by atoms with Crippen LogP contribution < -0.4 is 10.1 Å². The summed E-state index contributed by atoms with van der Waals surface area (Å²) in [5.41, 5.74) is -0.398. The minimum Gasteiger partial charge on any atom is -0.493 e. The molecule has 18 heavy (non-hydrogen) atoms. The zero-order valence-electron chi connectivity index (χ0n) is 9.97. The molecule has 0 saturated carbocycles. The van der Waals surface area contributed by atoms with Gasteiger partial charge in [-0.3, -0.25) is 4.79 Å². The number of carbonyl (C=O) groups excluding carboxylic acids is 2. The molecule has 7 heteroatoms. The van der Waals surface area contributed by atoms with Gasteiger partial charge in [0.05, 0.1) is 24.9 Å². The lowest BCUT2D eigenvalue weighted by atomic mass is 10.1. The number of esters is 1. The van der Waals surface area contributed by atoms with Crippen molar-refractivity contribution < 1.29 is 23.5 Å². The highest BCUT2D eigenvalue weighted by Crippen LogP contribution is 2.35. The predicted molar refractivity (Wildman–Crippen MR) is 63.6 cm³/mol. The number of methoxy groups -OCH3 is 2. The molecular formula is C11H11ClFNO4. The first kappa shape index (κ1) is 14.2. The molecule has 0 fully saturated rings. The van der Waals surface area contributed by atoms with Gasteiger partial charge < -0.3 is 14.8 Å². The van der Waals surface area contributed by atoms with E-state index in [1.165, 1.54) is 20.1 Å². The Kier molecular flexibility index (Phi) is 4.49. The lowest BCUT2D eigenvalue weighted by Crippen LogP contribution is -2.12. The molecule has 1 aromatic rings. The van der Waals surface area contributed by atoms with Crippen LogP contribution in [0.2, 0.25) is 5.02 Å². The molecular weight excluding hydrogens is 265 g/mol. The summed E-state index contributed by atoms with van der Waals surface area (Å²) < 4.78 is 23.3. The number of nitrogens with one attached hydrogen (secondary N) is 1. The first-order valence-electron chi connectivity index (χ1n) is 4.84. The second-order valence-electron chi connectivity index (χ2n) is 3.30. The summed E-state index contributed by atoms with van der Waals surface area (Å²) >= 11 is 5.79. The first-order valence-corrected chi connectivity index (χ1v) is 5.22. The molecule has 0 bridgehead atoms. The number of benzene rings is 1. The van der Waals surface area contributed by atoms with Crippen LogP contribution in [0.15, 0.2) is 6.07 Å². The molecule has 0 aliphatic rings. The van der Waals surface area contributed by atoms with Crippen LogP contribution in [0.3, 0.4) is 0 Å². The summed E-state index contributed by atoms with van der Waals surface area (Å²) in [6.45, 7) is 1.20. The van der Waals surface area contributed by atoms with Crippen LogP contribution in [-0.2, 0) is 9.53 Å². The van der Waals surface area contributed by atoms with Gasteiger partial charge in [0.1, 0.15) is 5.56 Å². The minimum absolute atomic E-state index is 0.121. The highest BCUT2D eigenvalue weighted by molar-refractivity contribution is 6.34. The maximum Gasteiger partial charge on any atom is 0.341 e. The van der Waals surface area contributed by atoms with Gasteiger partial charge in [0.2, 0.25) is 5.91 Å². The Balaban J connectivity index is 3.44. The number of halogens is 2. The van der Waals surface area contributed by atoms with Crippen molar-refractivity contribution in [1.82, 2.24) is 0 Å². The standard InChI is InChI=1S/C11H11ClFNO4/c1-5(15)14-9-7(12)4-6(11(16)18-3)10(17-2)8(9)13/h4H,1-3H3,(H,14,15). The van der Waals surface area contributed by atoms with E-state index in [1.54, 1.807) is 0 Å². The van der Waals surface area contributed by atoms with Crippen LogP contribution in [0, 0.1) is 5.82 Å². The lowest BCUT2D eigenvalue weighted by molar-refractivity contribution is -0.114. The molecule has 1 amide bonds. The van der Waals surface area contributed by atoms with Gasteiger partial charge in [-0.15, -0.1) is 0 Å². The van der Waals surface area contributed by atoms with E-state index >= 15 is 0 Å². The molecule has 1 rings (SSSR count). The van der Waals surface area contributed by atoms with Gasteiger partial charge >= 0.3 is 5.97 Å². The number of ether oxygens (including phenoxy) is 2. The molecule has 0 saturated heterocycles. The Morgan fingerprint density at radius 2 is 2.00 bits per heavy atom. The van der Waals surface area contributed by atoms with Crippen LogP contribution in [0.5, 0.6) is 5.75 Å². The molecule has 5 nitrogen and oxygen atoms in total. The first-order chi connectivity index (χ1) is 8.42. The molecule has 0 aliphatic heterocycles. The SMILES string of the molecule is COC(=O)c1cc(Cl)c(NC(C)=O)c(F)c1OC. The van der Waals surface area contributed by atoms with Gasteiger partial charge in [0, 0.05) is 6.92 Å². The molecule has 98 valence electrons. The largest absolute Gasteiger partial charge is 0.493 e. The molecule has 1 N–H and O–H groups in total. The second-order valence-corrected chi connectivity index (χ2v) is 3.71. The van der Waals surface area contributed by atoms with Crippen molar-refractivity contribution in [1.29, 1.82) is 0 Å². The van der Waals surface area contributed by atoms with E-state index in [1.807, 2.05) is 0 Å². The summed E-state index contributed by atoms with van der Waals surface area (Å²) in [6.07, 6.45) is 0. The Morgan fingerprint density at radius 1 is 1.39 bits per heavy atom. The fraction of sp³-hybridized carbons (Fsp3) is 0.273. The van der Waals surface area contributed by atoms with E-state index in [9.17, 15) is 14.0 Å². The van der Waals surface area contributed by atoms with Crippen LogP contribution in [0.4, 0.5) is 10.1 Å². The average molecular weight is 276 g/mol. The van der Waals surface area contributed by atoms with Crippen molar-refractivity contribution in [3.63, 3.8) is 0 Å². The number of hydrogen-bond donors (Lipinski definition) is 1. The van der Waals surface area contributed by atoms with Gasteiger partial charge in [-0.05, 0) is 6.07 Å². The number of carbonyl (C=O) groups is 2. The summed E-state index contributed by atoms with van der Waals surface area (Å²) in [6, 6.07) is 1.17. The fourth-order valence-electron chi connectivity index (χ4n) is 1.35. The number of hydrogen-bond acceptors (Lipinski definition) is 4. The van der Waals surface area contributed by atoms with Crippen LogP contribution in [0.1, 0.15) is 17.3 Å². The molecule has 0 spiro atoms. The Morgan fingerprint density at radius 3 is 2.44 bits per heavy atom. The quantitative estimate of drug-likeness (QED) is 0.859. The molecule has 0 heterocycles. The average Bonchev–Trinajstić information content (AvgIpc) is 2.32. The zero-order valence-corrected chi connectivity index (χ0v) is 10.7. The topological polar surface area (TPSA) is 64.6 Å². The third-order valence-corrected chi connectivity index (χ3v) is 2.38. The van der Waals surface area contributed by atoms with Gasteiger partial charge in [-0.25, -0.2) is 9.18 Å². The maximum atomic E-state index is 14.0. The van der Waals surface area contributed by atoms with E-state index in [2.05, 4.69) is 10.1 Å². The predicted octanol–water partition coefficient (Wildman–Crippen LogP) is 2.23. The summed E-state index contributed by atoms with van der Waals surface area (Å²) in [4.78, 5) is 22.3. The molecule has 0 aromatic heterocycles. The Hall–Kier alpha value is -1.82. The van der Waals surface area contributed by atoms with E-state index in [0.717, 1.165) is 7.11 Å². The maximum absolute atomic E-state index is 14.0. The van der Waals surface area contributed by atoms with Crippen molar-refractivity contribution in [2.45, 2.75) is 6.92 Å². The van der Waals surface area contributed by atoms with Gasteiger partial charge in [-0.2, -0.15) is 0 Å². The van der Waals surface area contributed by atoms with E-state index in [0.29, 0.717) is 0 Å². The van der Waals surface area contributed by atoms with Crippen molar-refractivity contribution in [3.8, 4) is 5.75 Å². The monoisotopic (exact) mass is 275 g/mol. The molecule has 0 unspecified atom stereocenters. The number of amides is 1. The van der Waals surface area contributed by atoms with Gasteiger partial charge in [0.15, 0.2) is 11.6 Å². The second kappa shape index (κ2) is 5.68. The van der Waals surface area contributed by atoms with Crippen LogP contribution in [-0.4, -0.2) is 26.1 Å². The number of anilines is 1. The van der Waals surface area contributed by atoms with Gasteiger partial charge in [0.25, 0.3) is 0 Å². The van der Waals surface area contributed by atoms with Crippen LogP contribution >= 0.6 is 11.6 Å². The minimum atomic E-state index is -0.930. The van der Waals surface area contributed by atoms with Gasteiger partial charge in [-0.1, -0.05) is 11.6 Å². The van der Waals surface area contributed by atoms with Crippen molar-refractivity contribution >= 4 is 29.2 Å². The highest BCUT2D eigenvalue weighted by Gasteiger charge is 2.23. The smallest absolute Gasteiger partial charge is 0.341 e. The van der Waals surface area contributed by atoms with Crippen molar-refractivity contribution in [3.05, 3.63) is 22.5 Å².